The predicted molar refractivity (Wildman–Crippen MR) is 148 cm³/mol. The summed E-state index contributed by atoms with van der Waals surface area (Å²) in [7, 11) is 1.82. The van der Waals surface area contributed by atoms with Crippen molar-refractivity contribution in [3.63, 3.8) is 0 Å². The maximum absolute atomic E-state index is 13.4. The van der Waals surface area contributed by atoms with Gasteiger partial charge in [0.1, 0.15) is 5.56 Å². The number of carbonyl (C=O) groups is 2. The molecular formula is C30H32N6O4. The average Bonchev–Trinajstić information content (AvgIpc) is 3.29. The van der Waals surface area contributed by atoms with E-state index in [1.54, 1.807) is 9.36 Å². The summed E-state index contributed by atoms with van der Waals surface area (Å²) in [5, 5.41) is 22.7. The molecule has 6 rings (SSSR count). The number of aromatic carboxylic acids is 1. The molecule has 10 nitrogen and oxygen atoms in total. The molecule has 10 heteroatoms. The standard InChI is InChI=1S/C30H32N6O4/c1-3-40-18-23-11-6-12-35(23)29(37)21-9-4-7-19(13-21)20-8-5-10-22(14-20)36-28(26(16-31-36)30(38)39)25-15-24(25)27-17-34(2)33-32-27/h4-5,7-10,13-14,16-17,23-25H,3,6,11-12,15,18H2,1-2H3,(H,38,39)/t23-,24+,25+/m0/s1. The lowest BCUT2D eigenvalue weighted by atomic mass is 10.0. The van der Waals surface area contributed by atoms with Gasteiger partial charge >= 0.3 is 5.97 Å². The van der Waals surface area contributed by atoms with E-state index in [1.807, 2.05) is 73.6 Å². The van der Waals surface area contributed by atoms with Crippen molar-refractivity contribution in [3.8, 4) is 16.8 Å². The third-order valence-electron chi connectivity index (χ3n) is 7.86. The number of ether oxygens (including phenoxy) is 1. The molecule has 1 aliphatic carbocycles. The summed E-state index contributed by atoms with van der Waals surface area (Å²) in [6.07, 6.45) is 6.02. The summed E-state index contributed by atoms with van der Waals surface area (Å²) in [5.74, 6) is -0.896. The van der Waals surface area contributed by atoms with Crippen LogP contribution in [0.15, 0.2) is 60.9 Å². The summed E-state index contributed by atoms with van der Waals surface area (Å²) >= 11 is 0. The molecular weight excluding hydrogens is 508 g/mol. The molecule has 40 heavy (non-hydrogen) atoms. The van der Waals surface area contributed by atoms with Crippen LogP contribution in [0.1, 0.15) is 70.1 Å². The van der Waals surface area contributed by atoms with Crippen molar-refractivity contribution in [2.24, 2.45) is 7.05 Å². The van der Waals surface area contributed by atoms with Crippen molar-refractivity contribution in [1.82, 2.24) is 29.7 Å². The van der Waals surface area contributed by atoms with E-state index in [2.05, 4.69) is 15.4 Å². The topological polar surface area (TPSA) is 115 Å². The van der Waals surface area contributed by atoms with Gasteiger partial charge in [-0.25, -0.2) is 9.48 Å². The third-order valence-corrected chi connectivity index (χ3v) is 7.86. The van der Waals surface area contributed by atoms with E-state index < -0.39 is 5.97 Å². The molecule has 0 unspecified atom stereocenters. The highest BCUT2D eigenvalue weighted by Gasteiger charge is 2.46. The first-order chi connectivity index (χ1) is 19.4. The molecule has 1 aliphatic heterocycles. The normalized spacial score (nSPS) is 20.1. The van der Waals surface area contributed by atoms with Crippen molar-refractivity contribution in [2.45, 2.75) is 44.1 Å². The van der Waals surface area contributed by atoms with Crippen LogP contribution in [0.4, 0.5) is 0 Å². The Morgan fingerprint density at radius 1 is 1.10 bits per heavy atom. The van der Waals surface area contributed by atoms with Crippen molar-refractivity contribution in [2.75, 3.05) is 19.8 Å². The number of nitrogens with zero attached hydrogens (tertiary/aromatic N) is 6. The lowest BCUT2D eigenvalue weighted by molar-refractivity contribution is 0.0564. The molecule has 3 atom stereocenters. The van der Waals surface area contributed by atoms with Gasteiger partial charge in [0.15, 0.2) is 0 Å². The largest absolute Gasteiger partial charge is 0.478 e. The minimum absolute atomic E-state index is 0.0139. The Kier molecular flexibility index (Phi) is 6.93. The summed E-state index contributed by atoms with van der Waals surface area (Å²) in [6.45, 7) is 3.90. The highest BCUT2D eigenvalue weighted by Crippen LogP contribution is 2.55. The first-order valence-electron chi connectivity index (χ1n) is 13.7. The number of aryl methyl sites for hydroxylation is 1. The number of carboxylic acids is 1. The molecule has 1 saturated carbocycles. The van der Waals surface area contributed by atoms with Crippen LogP contribution in [0.25, 0.3) is 16.8 Å². The first kappa shape index (κ1) is 25.9. The first-order valence-corrected chi connectivity index (χ1v) is 13.7. The van der Waals surface area contributed by atoms with Crippen molar-refractivity contribution in [3.05, 3.63) is 83.4 Å². The van der Waals surface area contributed by atoms with E-state index >= 15 is 0 Å². The van der Waals surface area contributed by atoms with E-state index in [9.17, 15) is 14.7 Å². The van der Waals surface area contributed by atoms with Crippen LogP contribution in [0, 0.1) is 0 Å². The molecule has 206 valence electrons. The van der Waals surface area contributed by atoms with E-state index in [1.165, 1.54) is 6.20 Å². The number of likely N-dealkylation sites (tertiary alicyclic amines) is 1. The van der Waals surface area contributed by atoms with Gasteiger partial charge in [-0.3, -0.25) is 9.48 Å². The molecule has 2 aromatic carbocycles. The quantitative estimate of drug-likeness (QED) is 0.337. The summed E-state index contributed by atoms with van der Waals surface area (Å²) in [6, 6.07) is 15.6. The van der Waals surface area contributed by atoms with Crippen LogP contribution in [0.5, 0.6) is 0 Å². The van der Waals surface area contributed by atoms with Gasteiger partial charge < -0.3 is 14.7 Å². The SMILES string of the molecule is CCOC[C@@H]1CCCN1C(=O)c1cccc(-c2cccc(-n3ncc(C(=O)O)c3[C@@H]3C[C@H]3c3cn(C)nn3)c2)c1. The van der Waals surface area contributed by atoms with Crippen LogP contribution in [0.3, 0.4) is 0 Å². The van der Waals surface area contributed by atoms with Crippen LogP contribution in [-0.2, 0) is 11.8 Å². The fourth-order valence-corrected chi connectivity index (χ4v) is 5.79. The van der Waals surface area contributed by atoms with Crippen molar-refractivity contribution < 1.29 is 19.4 Å². The van der Waals surface area contributed by atoms with E-state index in [0.29, 0.717) is 24.5 Å². The fourth-order valence-electron chi connectivity index (χ4n) is 5.79. The highest BCUT2D eigenvalue weighted by molar-refractivity contribution is 5.96. The van der Waals surface area contributed by atoms with Crippen molar-refractivity contribution >= 4 is 11.9 Å². The molecule has 1 amide bonds. The molecule has 0 spiro atoms. The molecule has 1 saturated heterocycles. The van der Waals surface area contributed by atoms with E-state index in [0.717, 1.165) is 48.3 Å². The zero-order valence-electron chi connectivity index (χ0n) is 22.6. The Balaban J connectivity index is 1.29. The monoisotopic (exact) mass is 540 g/mol. The zero-order chi connectivity index (χ0) is 27.8. The summed E-state index contributed by atoms with van der Waals surface area (Å²) in [4.78, 5) is 27.4. The predicted octanol–water partition coefficient (Wildman–Crippen LogP) is 4.28. The fraction of sp³-hybridized carbons (Fsp3) is 0.367. The lowest BCUT2D eigenvalue weighted by Gasteiger charge is -2.24. The second-order valence-electron chi connectivity index (χ2n) is 10.5. The minimum Gasteiger partial charge on any atom is -0.478 e. The van der Waals surface area contributed by atoms with Gasteiger partial charge in [0, 0.05) is 43.8 Å². The van der Waals surface area contributed by atoms with Crippen LogP contribution < -0.4 is 0 Å². The molecule has 2 aliphatic rings. The Morgan fingerprint density at radius 3 is 2.65 bits per heavy atom. The average molecular weight is 541 g/mol. The number of aromatic nitrogens is 5. The van der Waals surface area contributed by atoms with Gasteiger partial charge in [-0.15, -0.1) is 5.10 Å². The number of amides is 1. The van der Waals surface area contributed by atoms with Crippen LogP contribution >= 0.6 is 0 Å². The zero-order valence-corrected chi connectivity index (χ0v) is 22.6. The molecule has 1 N–H and O–H groups in total. The van der Waals surface area contributed by atoms with Gasteiger partial charge in [-0.2, -0.15) is 5.10 Å². The smallest absolute Gasteiger partial charge is 0.339 e. The number of hydrogen-bond donors (Lipinski definition) is 1. The van der Waals surface area contributed by atoms with Gasteiger partial charge in [0.05, 0.1) is 35.9 Å². The second kappa shape index (κ2) is 10.7. The van der Waals surface area contributed by atoms with E-state index in [4.69, 9.17) is 4.74 Å². The summed E-state index contributed by atoms with van der Waals surface area (Å²) in [5.41, 5.74) is 4.94. The maximum atomic E-state index is 13.4. The number of rotatable bonds is 9. The van der Waals surface area contributed by atoms with Gasteiger partial charge in [0.2, 0.25) is 0 Å². The maximum Gasteiger partial charge on any atom is 0.339 e. The Hall–Kier alpha value is -4.31. The molecule has 0 bridgehead atoms. The lowest BCUT2D eigenvalue weighted by Crippen LogP contribution is -2.38. The Labute approximate surface area is 232 Å². The van der Waals surface area contributed by atoms with Gasteiger partial charge in [0.25, 0.3) is 5.91 Å². The second-order valence-corrected chi connectivity index (χ2v) is 10.5. The Bertz CT molecular complexity index is 1560. The van der Waals surface area contributed by atoms with E-state index in [-0.39, 0.29) is 29.3 Å². The number of carbonyl (C=O) groups excluding carboxylic acids is 1. The summed E-state index contributed by atoms with van der Waals surface area (Å²) < 4.78 is 9.00. The number of hydrogen-bond acceptors (Lipinski definition) is 6. The van der Waals surface area contributed by atoms with Crippen molar-refractivity contribution in [1.29, 1.82) is 0 Å². The molecule has 4 aromatic rings. The molecule has 3 heterocycles. The third kappa shape index (κ3) is 4.90. The van der Waals surface area contributed by atoms with Gasteiger partial charge in [-0.05, 0) is 61.6 Å². The van der Waals surface area contributed by atoms with Crippen LogP contribution in [-0.4, -0.2) is 72.5 Å². The van der Waals surface area contributed by atoms with Crippen LogP contribution in [0.2, 0.25) is 0 Å². The number of carboxylic acid groups (broad SMARTS) is 1. The number of benzene rings is 2. The Morgan fingerprint density at radius 2 is 1.90 bits per heavy atom. The molecule has 0 radical (unpaired) electrons. The van der Waals surface area contributed by atoms with Gasteiger partial charge in [-0.1, -0.05) is 29.5 Å². The minimum atomic E-state index is -1.00. The molecule has 2 aromatic heterocycles. The molecule has 2 fully saturated rings. The highest BCUT2D eigenvalue weighted by atomic mass is 16.5.